The second kappa shape index (κ2) is 7.54. The molecular weight excluding hydrogens is 468 g/mol. The predicted octanol–water partition coefficient (Wildman–Crippen LogP) is 1.46. The van der Waals surface area contributed by atoms with Gasteiger partial charge in [0.1, 0.15) is 12.2 Å². The lowest BCUT2D eigenvalue weighted by molar-refractivity contribution is -0.180. The fourth-order valence-electron chi connectivity index (χ4n) is 4.47. The van der Waals surface area contributed by atoms with Crippen LogP contribution in [-0.4, -0.2) is 60.9 Å². The Bertz CT molecular complexity index is 927. The smallest absolute Gasteiger partial charge is 0.396 e. The van der Waals surface area contributed by atoms with Crippen LogP contribution in [0.5, 0.6) is 0 Å². The van der Waals surface area contributed by atoms with Crippen molar-refractivity contribution in [2.24, 2.45) is 29.1 Å². The van der Waals surface area contributed by atoms with Crippen molar-refractivity contribution >= 4 is 28.0 Å². The molecule has 2 aliphatic carbocycles. The Morgan fingerprint density at radius 2 is 1.75 bits per heavy atom. The van der Waals surface area contributed by atoms with Crippen molar-refractivity contribution in [3.63, 3.8) is 0 Å². The molecule has 6 unspecified atom stereocenters. The topological polar surface area (TPSA) is 136 Å². The Hall–Kier alpha value is -1.96. The summed E-state index contributed by atoms with van der Waals surface area (Å²) in [6.07, 6.45) is -3.37. The number of carbonyl (C=O) groups is 3. The normalized spacial score (nSPS) is 32.1. The van der Waals surface area contributed by atoms with E-state index in [-0.39, 0.29) is 6.42 Å². The van der Waals surface area contributed by atoms with Crippen molar-refractivity contribution in [1.29, 1.82) is 0 Å². The summed E-state index contributed by atoms with van der Waals surface area (Å²) in [5.74, 6) is -11.1. The van der Waals surface area contributed by atoms with E-state index in [2.05, 4.69) is 4.74 Å². The van der Waals surface area contributed by atoms with Gasteiger partial charge in [0, 0.05) is 11.8 Å². The molecule has 14 heteroatoms. The van der Waals surface area contributed by atoms with Crippen molar-refractivity contribution in [1.82, 2.24) is 0 Å². The number of hydrogen-bond donors (Lipinski definition) is 0. The molecule has 6 atom stereocenters. The third-order valence-electron chi connectivity index (χ3n) is 6.07. The summed E-state index contributed by atoms with van der Waals surface area (Å²) in [5, 5.41) is -5.90. The number of rotatable bonds is 7. The van der Waals surface area contributed by atoms with Crippen LogP contribution in [0.15, 0.2) is 0 Å². The van der Waals surface area contributed by atoms with E-state index in [9.17, 15) is 44.9 Å². The van der Waals surface area contributed by atoms with Gasteiger partial charge in [0.25, 0.3) is 0 Å². The molecule has 0 aromatic carbocycles. The number of alkyl halides is 4. The molecule has 3 fully saturated rings. The first-order valence-electron chi connectivity index (χ1n) is 9.69. The summed E-state index contributed by atoms with van der Waals surface area (Å²) in [4.78, 5) is 37.0. The second-order valence-electron chi connectivity index (χ2n) is 9.23. The van der Waals surface area contributed by atoms with E-state index >= 15 is 0 Å². The van der Waals surface area contributed by atoms with Crippen LogP contribution < -0.4 is 0 Å². The summed E-state index contributed by atoms with van der Waals surface area (Å²) in [6, 6.07) is 0. The molecule has 2 saturated carbocycles. The van der Waals surface area contributed by atoms with Crippen LogP contribution in [0, 0.1) is 29.1 Å². The Morgan fingerprint density at radius 1 is 1.16 bits per heavy atom. The molecule has 1 saturated heterocycles. The number of hydrogen-bond acceptors (Lipinski definition) is 9. The average molecular weight is 489 g/mol. The monoisotopic (exact) mass is 489 g/mol. The van der Waals surface area contributed by atoms with Gasteiger partial charge in [-0.15, -0.1) is 0 Å². The maximum Gasteiger partial charge on any atom is 0.396 e. The van der Waals surface area contributed by atoms with Gasteiger partial charge in [-0.3, -0.25) is 14.4 Å². The number of halogens is 4. The van der Waals surface area contributed by atoms with Crippen LogP contribution in [-0.2, 0) is 38.7 Å². The Labute approximate surface area is 180 Å². The second-order valence-corrected chi connectivity index (χ2v) is 10.7. The van der Waals surface area contributed by atoms with E-state index in [0.29, 0.717) is 0 Å². The van der Waals surface area contributed by atoms with Crippen molar-refractivity contribution in [3.8, 4) is 0 Å². The molecule has 0 spiro atoms. The van der Waals surface area contributed by atoms with Gasteiger partial charge >= 0.3 is 29.1 Å². The van der Waals surface area contributed by atoms with E-state index in [0.717, 1.165) is 0 Å². The van der Waals surface area contributed by atoms with Gasteiger partial charge in [0.2, 0.25) is 0 Å². The molecule has 0 radical (unpaired) electrons. The van der Waals surface area contributed by atoms with Crippen molar-refractivity contribution in [2.45, 2.75) is 57.0 Å². The van der Waals surface area contributed by atoms with Crippen molar-refractivity contribution in [3.05, 3.63) is 0 Å². The van der Waals surface area contributed by atoms with E-state index in [1.807, 2.05) is 0 Å². The van der Waals surface area contributed by atoms with Crippen LogP contribution in [0.1, 0.15) is 33.6 Å². The lowest BCUT2D eigenvalue weighted by Crippen LogP contribution is -2.48. The summed E-state index contributed by atoms with van der Waals surface area (Å²) in [6.45, 7) is 3.45. The minimum atomic E-state index is -6.66. The molecule has 0 amide bonds. The van der Waals surface area contributed by atoms with E-state index < -0.39 is 93.5 Å². The molecule has 9 nitrogen and oxygen atoms in total. The number of carbonyl (C=O) groups excluding carboxylic acids is 3. The zero-order valence-electron chi connectivity index (χ0n) is 17.2. The van der Waals surface area contributed by atoms with Crippen molar-refractivity contribution in [2.75, 3.05) is 6.61 Å². The summed E-state index contributed by atoms with van der Waals surface area (Å²) < 4.78 is 100. The first-order chi connectivity index (χ1) is 14.4. The fraction of sp³-hybridized carbons (Fsp3) is 0.833. The van der Waals surface area contributed by atoms with E-state index in [4.69, 9.17) is 9.47 Å². The van der Waals surface area contributed by atoms with Gasteiger partial charge in [0.15, 0.2) is 10.1 Å². The lowest BCUT2D eigenvalue weighted by atomic mass is 9.78. The number of ether oxygens (including phenoxy) is 3. The molecule has 1 heterocycles. The maximum atomic E-state index is 13.6. The zero-order valence-corrected chi connectivity index (χ0v) is 18.0. The van der Waals surface area contributed by atoms with Gasteiger partial charge in [-0.05, 0) is 27.2 Å². The molecule has 1 aliphatic heterocycles. The molecule has 2 bridgehead atoms. The highest BCUT2D eigenvalue weighted by Crippen LogP contribution is 2.59. The highest BCUT2D eigenvalue weighted by Gasteiger charge is 2.70. The van der Waals surface area contributed by atoms with Gasteiger partial charge in [-0.2, -0.15) is 17.6 Å². The van der Waals surface area contributed by atoms with Gasteiger partial charge in [0.05, 0.1) is 30.3 Å². The Morgan fingerprint density at radius 3 is 2.28 bits per heavy atom. The SMILES string of the molecule is CC(C)(C)C(=O)OC1C2CC3C1OC(=O)C3C2C(=O)OCCC(F)(F)C(F)(F)S(=O)(=O)[O-]. The summed E-state index contributed by atoms with van der Waals surface area (Å²) >= 11 is 0. The molecule has 3 rings (SSSR count). The number of fused-ring (bicyclic) bond motifs is 1. The van der Waals surface area contributed by atoms with Crippen LogP contribution in [0.4, 0.5) is 17.6 Å². The number of esters is 3. The van der Waals surface area contributed by atoms with Crippen LogP contribution in [0.3, 0.4) is 0 Å². The molecule has 3 aliphatic rings. The highest BCUT2D eigenvalue weighted by molar-refractivity contribution is 7.86. The molecule has 0 aromatic rings. The largest absolute Gasteiger partial charge is 0.743 e. The molecular formula is C18H21F4O9S-. The third-order valence-corrected chi connectivity index (χ3v) is 7.00. The Balaban J connectivity index is 1.69. The van der Waals surface area contributed by atoms with Gasteiger partial charge < -0.3 is 18.8 Å². The quantitative estimate of drug-likeness (QED) is 0.225. The standard InChI is InChI=1S/C18H22F4O9S/c1-16(2,3)15(25)31-12-7-6-8-10(14(24)30-11(8)12)9(7)13(23)29-5-4-17(19,20)18(21,22)32(26,27)28/h7-12H,4-6H2,1-3H3,(H,26,27,28)/p-1. The molecule has 0 aromatic heterocycles. The minimum Gasteiger partial charge on any atom is -0.743 e. The first-order valence-corrected chi connectivity index (χ1v) is 11.1. The van der Waals surface area contributed by atoms with Crippen LogP contribution in [0.2, 0.25) is 0 Å². The molecule has 0 N–H and O–H groups in total. The third kappa shape index (κ3) is 3.84. The highest BCUT2D eigenvalue weighted by atomic mass is 32.2. The van der Waals surface area contributed by atoms with Crippen molar-refractivity contribution < 1.29 is 59.1 Å². The molecule has 182 valence electrons. The zero-order chi connectivity index (χ0) is 24.4. The van der Waals surface area contributed by atoms with Gasteiger partial charge in [-0.25, -0.2) is 8.42 Å². The van der Waals surface area contributed by atoms with Gasteiger partial charge in [-0.1, -0.05) is 0 Å². The minimum absolute atomic E-state index is 0.269. The van der Waals surface area contributed by atoms with E-state index in [1.165, 1.54) is 0 Å². The first kappa shape index (κ1) is 24.7. The predicted molar refractivity (Wildman–Crippen MR) is 93.0 cm³/mol. The Kier molecular flexibility index (Phi) is 5.81. The average Bonchev–Trinajstić information content (AvgIpc) is 3.23. The maximum absolute atomic E-state index is 13.6. The van der Waals surface area contributed by atoms with Crippen LogP contribution in [0.25, 0.3) is 0 Å². The molecule has 32 heavy (non-hydrogen) atoms. The van der Waals surface area contributed by atoms with E-state index in [1.54, 1.807) is 20.8 Å². The fourth-order valence-corrected chi connectivity index (χ4v) is 4.94. The lowest BCUT2D eigenvalue weighted by Gasteiger charge is -2.32. The summed E-state index contributed by atoms with van der Waals surface area (Å²) in [5.41, 5.74) is -0.890. The van der Waals surface area contributed by atoms with Crippen LogP contribution >= 0.6 is 0 Å². The summed E-state index contributed by atoms with van der Waals surface area (Å²) in [7, 11) is -6.66.